The Morgan fingerprint density at radius 2 is 1.83 bits per heavy atom. The first-order chi connectivity index (χ1) is 11.7. The van der Waals surface area contributed by atoms with Crippen molar-refractivity contribution < 1.29 is 0 Å². The highest BCUT2D eigenvalue weighted by atomic mass is 35.5. The van der Waals surface area contributed by atoms with Crippen LogP contribution in [-0.2, 0) is 0 Å². The number of para-hydroxylation sites is 1. The lowest BCUT2D eigenvalue weighted by Crippen LogP contribution is -2.37. The number of rotatable bonds is 5. The average molecular weight is 358 g/mol. The molecule has 0 fully saturated rings. The maximum atomic E-state index is 6.48. The van der Waals surface area contributed by atoms with Crippen LogP contribution in [0.3, 0.4) is 0 Å². The third-order valence-electron chi connectivity index (χ3n) is 4.08. The molecule has 1 atom stereocenters. The molecule has 2 aromatic carbocycles. The van der Waals surface area contributed by atoms with Crippen LogP contribution in [-0.4, -0.2) is 23.2 Å². The molecule has 3 nitrogen and oxygen atoms in total. The Morgan fingerprint density at radius 3 is 2.62 bits per heavy atom. The Kier molecular flexibility index (Phi) is 5.38. The molecule has 1 unspecified atom stereocenters. The van der Waals surface area contributed by atoms with Crippen LogP contribution >= 0.6 is 23.8 Å². The summed E-state index contributed by atoms with van der Waals surface area (Å²) in [7, 11) is 0. The summed E-state index contributed by atoms with van der Waals surface area (Å²) in [4.78, 5) is 3.35. The minimum absolute atomic E-state index is 0.103. The van der Waals surface area contributed by atoms with Gasteiger partial charge in [-0.15, -0.1) is 0 Å². The van der Waals surface area contributed by atoms with Gasteiger partial charge in [0.25, 0.3) is 0 Å². The highest BCUT2D eigenvalue weighted by Crippen LogP contribution is 2.33. The Labute approximate surface area is 152 Å². The molecule has 0 bridgehead atoms. The van der Waals surface area contributed by atoms with E-state index in [1.54, 1.807) is 0 Å². The quantitative estimate of drug-likeness (QED) is 0.591. The van der Waals surface area contributed by atoms with E-state index in [9.17, 15) is 0 Å². The number of aromatic nitrogens is 1. The molecular formula is C19H20ClN3S. The monoisotopic (exact) mass is 357 g/mol. The zero-order chi connectivity index (χ0) is 16.9. The van der Waals surface area contributed by atoms with Gasteiger partial charge in [0.2, 0.25) is 0 Å². The Hall–Kier alpha value is -2.04. The third-order valence-corrected chi connectivity index (χ3v) is 4.71. The van der Waals surface area contributed by atoms with Crippen molar-refractivity contribution >= 4 is 39.8 Å². The predicted molar refractivity (Wildman–Crippen MR) is 106 cm³/mol. The van der Waals surface area contributed by atoms with E-state index in [0.717, 1.165) is 22.6 Å². The molecule has 3 N–H and O–H groups in total. The van der Waals surface area contributed by atoms with Crippen molar-refractivity contribution in [3.8, 4) is 0 Å². The van der Waals surface area contributed by atoms with Gasteiger partial charge in [-0.1, -0.05) is 48.0 Å². The maximum absolute atomic E-state index is 6.48. The number of halogens is 1. The zero-order valence-electron chi connectivity index (χ0n) is 13.5. The molecule has 5 heteroatoms. The fourth-order valence-electron chi connectivity index (χ4n) is 2.95. The topological polar surface area (TPSA) is 39.8 Å². The van der Waals surface area contributed by atoms with Crippen LogP contribution in [0.2, 0.25) is 5.02 Å². The Bertz CT molecular complexity index is 843. The number of benzene rings is 2. The number of thiocarbonyl (C=S) groups is 1. The van der Waals surface area contributed by atoms with Gasteiger partial charge in [-0.05, 0) is 42.4 Å². The van der Waals surface area contributed by atoms with E-state index in [0.29, 0.717) is 11.7 Å². The first kappa shape index (κ1) is 16.8. The number of hydrogen-bond donors (Lipinski definition) is 3. The standard InChI is InChI=1S/C19H20ClN3S/c1-2-21-19(24)23-12-15(13-7-3-5-9-17(13)20)16-11-22-18-10-6-4-8-14(16)18/h3-11,15,22H,2,12H2,1H3,(H2,21,23,24). The molecule has 0 spiro atoms. The number of H-pyrrole nitrogens is 1. The lowest BCUT2D eigenvalue weighted by Gasteiger charge is -2.20. The average Bonchev–Trinajstić information content (AvgIpc) is 3.01. The van der Waals surface area contributed by atoms with E-state index in [2.05, 4.69) is 46.1 Å². The maximum Gasteiger partial charge on any atom is 0.166 e. The minimum Gasteiger partial charge on any atom is -0.363 e. The van der Waals surface area contributed by atoms with Crippen molar-refractivity contribution in [2.24, 2.45) is 0 Å². The van der Waals surface area contributed by atoms with Crippen LogP contribution in [0.25, 0.3) is 10.9 Å². The highest BCUT2D eigenvalue weighted by Gasteiger charge is 2.20. The van der Waals surface area contributed by atoms with E-state index in [-0.39, 0.29) is 5.92 Å². The van der Waals surface area contributed by atoms with Crippen molar-refractivity contribution in [2.75, 3.05) is 13.1 Å². The van der Waals surface area contributed by atoms with Crippen LogP contribution in [0.5, 0.6) is 0 Å². The molecule has 0 aliphatic rings. The van der Waals surface area contributed by atoms with Crippen LogP contribution in [0, 0.1) is 0 Å². The molecule has 0 saturated carbocycles. The number of hydrogen-bond acceptors (Lipinski definition) is 1. The molecule has 0 amide bonds. The summed E-state index contributed by atoms with van der Waals surface area (Å²) < 4.78 is 0. The molecule has 0 saturated heterocycles. The van der Waals surface area contributed by atoms with Gasteiger partial charge in [0.05, 0.1) is 0 Å². The smallest absolute Gasteiger partial charge is 0.166 e. The molecular weight excluding hydrogens is 338 g/mol. The minimum atomic E-state index is 0.103. The highest BCUT2D eigenvalue weighted by molar-refractivity contribution is 7.80. The van der Waals surface area contributed by atoms with Crippen molar-refractivity contribution in [3.05, 3.63) is 70.9 Å². The van der Waals surface area contributed by atoms with Gasteiger partial charge in [-0.2, -0.15) is 0 Å². The Balaban J connectivity index is 1.99. The van der Waals surface area contributed by atoms with E-state index in [1.807, 2.05) is 31.2 Å². The number of aromatic amines is 1. The molecule has 3 aromatic rings. The van der Waals surface area contributed by atoms with Gasteiger partial charge in [0, 0.05) is 41.1 Å². The van der Waals surface area contributed by atoms with Gasteiger partial charge >= 0.3 is 0 Å². The first-order valence-corrected chi connectivity index (χ1v) is 8.81. The second-order valence-corrected chi connectivity index (χ2v) is 6.42. The summed E-state index contributed by atoms with van der Waals surface area (Å²) >= 11 is 11.8. The van der Waals surface area contributed by atoms with Crippen molar-refractivity contribution in [3.63, 3.8) is 0 Å². The first-order valence-electron chi connectivity index (χ1n) is 8.02. The molecule has 0 aliphatic carbocycles. The Morgan fingerprint density at radius 1 is 1.08 bits per heavy atom. The van der Waals surface area contributed by atoms with Crippen molar-refractivity contribution in [2.45, 2.75) is 12.8 Å². The summed E-state index contributed by atoms with van der Waals surface area (Å²) in [6.45, 7) is 3.51. The van der Waals surface area contributed by atoms with Crippen molar-refractivity contribution in [1.29, 1.82) is 0 Å². The lowest BCUT2D eigenvalue weighted by molar-refractivity contribution is 0.748. The van der Waals surface area contributed by atoms with Gasteiger partial charge in [-0.25, -0.2) is 0 Å². The lowest BCUT2D eigenvalue weighted by atomic mass is 9.91. The largest absolute Gasteiger partial charge is 0.363 e. The van der Waals surface area contributed by atoms with E-state index in [1.165, 1.54) is 10.9 Å². The second-order valence-electron chi connectivity index (χ2n) is 5.60. The number of fused-ring (bicyclic) bond motifs is 1. The molecule has 1 heterocycles. The summed E-state index contributed by atoms with van der Waals surface area (Å²) in [5, 5.41) is 9.08. The predicted octanol–water partition coefficient (Wildman–Crippen LogP) is 4.44. The van der Waals surface area contributed by atoms with Gasteiger partial charge in [0.15, 0.2) is 5.11 Å². The van der Waals surface area contributed by atoms with Gasteiger partial charge in [-0.3, -0.25) is 0 Å². The fourth-order valence-corrected chi connectivity index (χ4v) is 3.44. The van der Waals surface area contributed by atoms with Crippen LogP contribution in [0.4, 0.5) is 0 Å². The summed E-state index contributed by atoms with van der Waals surface area (Å²) in [6, 6.07) is 16.3. The second kappa shape index (κ2) is 7.69. The normalized spacial score (nSPS) is 12.1. The van der Waals surface area contributed by atoms with Crippen LogP contribution in [0.15, 0.2) is 54.7 Å². The SMILES string of the molecule is CCNC(=S)NCC(c1ccccc1Cl)c1c[nH]c2ccccc12. The zero-order valence-corrected chi connectivity index (χ0v) is 15.0. The van der Waals surface area contributed by atoms with E-state index < -0.39 is 0 Å². The molecule has 124 valence electrons. The molecule has 0 aliphatic heterocycles. The molecule has 1 aromatic heterocycles. The summed E-state index contributed by atoms with van der Waals surface area (Å²) in [5.41, 5.74) is 3.43. The van der Waals surface area contributed by atoms with E-state index >= 15 is 0 Å². The fraction of sp³-hybridized carbons (Fsp3) is 0.211. The third kappa shape index (κ3) is 3.55. The summed E-state index contributed by atoms with van der Waals surface area (Å²) in [6.07, 6.45) is 2.07. The molecule has 0 radical (unpaired) electrons. The number of nitrogens with one attached hydrogen (secondary N) is 3. The van der Waals surface area contributed by atoms with Crippen LogP contribution in [0.1, 0.15) is 24.0 Å². The van der Waals surface area contributed by atoms with E-state index in [4.69, 9.17) is 23.8 Å². The van der Waals surface area contributed by atoms with Gasteiger partial charge < -0.3 is 15.6 Å². The van der Waals surface area contributed by atoms with Crippen molar-refractivity contribution in [1.82, 2.24) is 15.6 Å². The molecule has 3 rings (SSSR count). The van der Waals surface area contributed by atoms with Gasteiger partial charge in [0.1, 0.15) is 0 Å². The van der Waals surface area contributed by atoms with Crippen LogP contribution < -0.4 is 10.6 Å². The molecule has 24 heavy (non-hydrogen) atoms. The summed E-state index contributed by atoms with van der Waals surface area (Å²) in [5.74, 6) is 0.103.